The van der Waals surface area contributed by atoms with E-state index in [-0.39, 0.29) is 0 Å². The van der Waals surface area contributed by atoms with Crippen LogP contribution in [-0.2, 0) is 0 Å². The van der Waals surface area contributed by atoms with E-state index in [1.807, 2.05) is 48.5 Å². The van der Waals surface area contributed by atoms with Crippen molar-refractivity contribution in [2.75, 3.05) is 0 Å². The molecule has 0 fully saturated rings. The van der Waals surface area contributed by atoms with Crippen molar-refractivity contribution in [3.05, 3.63) is 57.5 Å². The average Bonchev–Trinajstić information content (AvgIpc) is 2.71. The zero-order valence-electron chi connectivity index (χ0n) is 8.76. The van der Waals surface area contributed by atoms with Gasteiger partial charge in [0.05, 0.1) is 5.69 Å². The molecule has 0 aliphatic carbocycles. The second-order valence-corrected chi connectivity index (χ2v) is 6.26. The fourth-order valence-corrected chi connectivity index (χ4v) is 4.03. The Balaban J connectivity index is 2.15. The smallest absolute Gasteiger partial charge is 0.172 e. The van der Waals surface area contributed by atoms with E-state index in [0.717, 1.165) is 14.7 Å². The minimum Gasteiger partial charge on any atom is -0.228 e. The average molecular weight is 278 g/mol. The van der Waals surface area contributed by atoms with Gasteiger partial charge in [-0.3, -0.25) is 0 Å². The van der Waals surface area contributed by atoms with E-state index in [9.17, 15) is 0 Å². The van der Waals surface area contributed by atoms with Crippen molar-refractivity contribution in [1.82, 2.24) is 0 Å². The van der Waals surface area contributed by atoms with Gasteiger partial charge in [0.25, 0.3) is 0 Å². The lowest BCUT2D eigenvalue weighted by molar-refractivity contribution is 1.46. The van der Waals surface area contributed by atoms with Gasteiger partial charge in [-0.1, -0.05) is 29.8 Å². The maximum Gasteiger partial charge on any atom is 0.172 e. The number of halogens is 1. The molecular formula is C13H8ClNS2. The Morgan fingerprint density at radius 3 is 2.47 bits per heavy atom. The molecule has 1 heterocycles. The molecule has 17 heavy (non-hydrogen) atoms. The molecule has 0 saturated carbocycles. The van der Waals surface area contributed by atoms with Crippen molar-refractivity contribution in [3.63, 3.8) is 0 Å². The van der Waals surface area contributed by atoms with Crippen molar-refractivity contribution in [2.24, 2.45) is 4.99 Å². The number of nitrogens with zero attached hydrogens (tertiary/aromatic N) is 1. The summed E-state index contributed by atoms with van der Waals surface area (Å²) >= 11 is 9.34. The molecule has 1 nitrogen and oxygen atoms in total. The lowest BCUT2D eigenvalue weighted by atomic mass is 10.3. The summed E-state index contributed by atoms with van der Waals surface area (Å²) in [5.41, 5.74) is 0.987. The fourth-order valence-electron chi connectivity index (χ4n) is 1.51. The summed E-state index contributed by atoms with van der Waals surface area (Å²) in [5.74, 6) is 0. The lowest BCUT2D eigenvalue weighted by Gasteiger charge is -1.87. The van der Waals surface area contributed by atoms with Gasteiger partial charge in [0.1, 0.15) is 0 Å². The number of para-hydroxylation sites is 1. The summed E-state index contributed by atoms with van der Waals surface area (Å²) in [7, 11) is 0. The van der Waals surface area contributed by atoms with Gasteiger partial charge in [-0.15, -0.1) is 22.7 Å². The minimum atomic E-state index is 0.776. The minimum absolute atomic E-state index is 0.776. The van der Waals surface area contributed by atoms with Crippen LogP contribution >= 0.6 is 34.3 Å². The predicted molar refractivity (Wildman–Crippen MR) is 76.4 cm³/mol. The molecule has 3 aromatic rings. The van der Waals surface area contributed by atoms with Crippen LogP contribution in [0.1, 0.15) is 0 Å². The molecule has 0 bridgehead atoms. The standard InChI is InChI=1S/C13H8ClNS2/c14-9-6-7-11-12(8-9)17-13(16-11)15-10-4-2-1-3-5-10/h1-8H/b15-13-. The topological polar surface area (TPSA) is 12.4 Å². The first-order valence-corrected chi connectivity index (χ1v) is 7.11. The molecule has 0 atom stereocenters. The van der Waals surface area contributed by atoms with Crippen LogP contribution in [0.2, 0.25) is 5.02 Å². The molecule has 84 valence electrons. The third-order valence-electron chi connectivity index (χ3n) is 2.28. The Morgan fingerprint density at radius 1 is 0.882 bits per heavy atom. The van der Waals surface area contributed by atoms with Crippen LogP contribution in [0, 0.1) is 0 Å². The first-order valence-electron chi connectivity index (χ1n) is 5.10. The third kappa shape index (κ3) is 2.41. The van der Waals surface area contributed by atoms with Crippen molar-refractivity contribution < 1.29 is 0 Å². The maximum absolute atomic E-state index is 5.97. The van der Waals surface area contributed by atoms with Crippen LogP contribution < -0.4 is 3.98 Å². The molecule has 0 N–H and O–H groups in total. The molecule has 1 aromatic heterocycles. The molecule has 0 amide bonds. The highest BCUT2D eigenvalue weighted by atomic mass is 35.5. The molecule has 0 radical (unpaired) electrons. The number of rotatable bonds is 1. The summed E-state index contributed by atoms with van der Waals surface area (Å²) in [5, 5.41) is 0.776. The zero-order valence-corrected chi connectivity index (χ0v) is 11.1. The molecule has 0 spiro atoms. The van der Waals surface area contributed by atoms with Crippen LogP contribution in [0.3, 0.4) is 0 Å². The fraction of sp³-hybridized carbons (Fsp3) is 0. The van der Waals surface area contributed by atoms with E-state index in [4.69, 9.17) is 11.6 Å². The predicted octanol–water partition coefficient (Wildman–Crippen LogP) is 4.85. The van der Waals surface area contributed by atoms with Crippen molar-refractivity contribution >= 4 is 49.4 Å². The van der Waals surface area contributed by atoms with Gasteiger partial charge in [0.2, 0.25) is 0 Å². The Bertz CT molecular complexity index is 713. The molecule has 0 aliphatic heterocycles. The third-order valence-corrected chi connectivity index (χ3v) is 4.81. The van der Waals surface area contributed by atoms with Gasteiger partial charge < -0.3 is 0 Å². The van der Waals surface area contributed by atoms with Gasteiger partial charge in [0, 0.05) is 14.4 Å². The molecule has 3 rings (SSSR count). The number of fused-ring (bicyclic) bond motifs is 1. The SMILES string of the molecule is Clc1ccc2s/c(=N/c3ccccc3)sc2c1. The Hall–Kier alpha value is -1.16. The van der Waals surface area contributed by atoms with Crippen LogP contribution in [0.5, 0.6) is 0 Å². The van der Waals surface area contributed by atoms with E-state index >= 15 is 0 Å². The largest absolute Gasteiger partial charge is 0.228 e. The Kier molecular flexibility index (Phi) is 2.97. The van der Waals surface area contributed by atoms with Crippen LogP contribution in [0.15, 0.2) is 53.5 Å². The van der Waals surface area contributed by atoms with Crippen LogP contribution in [0.25, 0.3) is 9.40 Å². The summed E-state index contributed by atoms with van der Waals surface area (Å²) in [6.07, 6.45) is 0. The molecule has 2 aromatic carbocycles. The van der Waals surface area contributed by atoms with E-state index in [2.05, 4.69) is 4.99 Å². The number of hydrogen-bond donors (Lipinski definition) is 0. The summed E-state index contributed by atoms with van der Waals surface area (Å²) < 4.78 is 3.47. The maximum atomic E-state index is 5.97. The number of benzene rings is 2. The number of hydrogen-bond acceptors (Lipinski definition) is 3. The lowest BCUT2D eigenvalue weighted by Crippen LogP contribution is -1.82. The normalized spacial score (nSPS) is 12.2. The highest BCUT2D eigenvalue weighted by molar-refractivity contribution is 7.35. The van der Waals surface area contributed by atoms with Gasteiger partial charge >= 0.3 is 0 Å². The summed E-state index contributed by atoms with van der Waals surface area (Å²) in [4.78, 5) is 4.60. The van der Waals surface area contributed by atoms with Crippen molar-refractivity contribution in [2.45, 2.75) is 0 Å². The van der Waals surface area contributed by atoms with Gasteiger partial charge in [-0.2, -0.15) is 0 Å². The first kappa shape index (κ1) is 11.0. The molecule has 0 saturated heterocycles. The van der Waals surface area contributed by atoms with E-state index < -0.39 is 0 Å². The van der Waals surface area contributed by atoms with Crippen LogP contribution in [-0.4, -0.2) is 0 Å². The van der Waals surface area contributed by atoms with Crippen LogP contribution in [0.4, 0.5) is 5.69 Å². The Labute approximate surface area is 112 Å². The van der Waals surface area contributed by atoms with Crippen molar-refractivity contribution in [1.29, 1.82) is 0 Å². The monoisotopic (exact) mass is 277 g/mol. The van der Waals surface area contributed by atoms with Gasteiger partial charge in [-0.05, 0) is 30.3 Å². The second kappa shape index (κ2) is 4.61. The highest BCUT2D eigenvalue weighted by Crippen LogP contribution is 2.25. The van der Waals surface area contributed by atoms with E-state index in [1.165, 1.54) is 9.40 Å². The summed E-state index contributed by atoms with van der Waals surface area (Å²) in [6.45, 7) is 0. The van der Waals surface area contributed by atoms with Gasteiger partial charge in [0.15, 0.2) is 3.98 Å². The second-order valence-electron chi connectivity index (χ2n) is 3.51. The van der Waals surface area contributed by atoms with Crippen molar-refractivity contribution in [3.8, 4) is 0 Å². The molecular weight excluding hydrogens is 270 g/mol. The summed E-state index contributed by atoms with van der Waals surface area (Å²) in [6, 6.07) is 15.9. The zero-order chi connectivity index (χ0) is 11.7. The first-order chi connectivity index (χ1) is 8.31. The van der Waals surface area contributed by atoms with E-state index in [0.29, 0.717) is 0 Å². The molecule has 0 aliphatic rings. The molecule has 0 unspecified atom stereocenters. The Morgan fingerprint density at radius 2 is 1.65 bits per heavy atom. The quantitative estimate of drug-likeness (QED) is 0.603. The highest BCUT2D eigenvalue weighted by Gasteiger charge is 1.99. The van der Waals surface area contributed by atoms with Gasteiger partial charge in [-0.25, -0.2) is 4.99 Å². The molecule has 4 heteroatoms. The van der Waals surface area contributed by atoms with E-state index in [1.54, 1.807) is 22.7 Å².